The van der Waals surface area contributed by atoms with Gasteiger partial charge in [-0.3, -0.25) is 14.4 Å². The van der Waals surface area contributed by atoms with E-state index < -0.39 is 6.04 Å². The van der Waals surface area contributed by atoms with Gasteiger partial charge in [-0.1, -0.05) is 28.1 Å². The van der Waals surface area contributed by atoms with Gasteiger partial charge in [-0.05, 0) is 48.4 Å². The van der Waals surface area contributed by atoms with Gasteiger partial charge in [0.1, 0.15) is 11.8 Å². The number of carbonyl (C=O) groups excluding carboxylic acids is 3. The minimum Gasteiger partial charge on any atom is -0.497 e. The molecule has 0 saturated carbocycles. The number of benzene rings is 2. The molecule has 1 saturated heterocycles. The van der Waals surface area contributed by atoms with Crippen molar-refractivity contribution in [2.75, 3.05) is 18.6 Å². The smallest absolute Gasteiger partial charge is 0.257 e. The number of rotatable bonds is 6. The molecule has 3 rings (SSSR count). The van der Waals surface area contributed by atoms with Crippen molar-refractivity contribution in [1.82, 2.24) is 4.90 Å². The van der Waals surface area contributed by atoms with E-state index in [9.17, 15) is 14.4 Å². The van der Waals surface area contributed by atoms with E-state index in [0.717, 1.165) is 15.8 Å². The maximum atomic E-state index is 12.9. The van der Waals surface area contributed by atoms with Crippen LogP contribution < -0.4 is 9.64 Å². The van der Waals surface area contributed by atoms with Crippen LogP contribution in [-0.2, 0) is 20.8 Å². The van der Waals surface area contributed by atoms with Crippen LogP contribution in [0.15, 0.2) is 53.0 Å². The Morgan fingerprint density at radius 2 is 1.79 bits per heavy atom. The van der Waals surface area contributed by atoms with E-state index in [1.54, 1.807) is 31.4 Å². The molecule has 2 aromatic rings. The SMILES string of the molecule is COc1ccc(CCN(C(C)=O)C2CC(=O)N(c3ccc(Br)cc3)C2=O)cc1. The normalized spacial score (nSPS) is 16.4. The topological polar surface area (TPSA) is 66.9 Å². The summed E-state index contributed by atoms with van der Waals surface area (Å²) in [5, 5.41) is 0. The maximum absolute atomic E-state index is 12.9. The molecule has 0 N–H and O–H groups in total. The third-order valence-corrected chi connectivity index (χ3v) is 5.32. The molecule has 7 heteroatoms. The van der Waals surface area contributed by atoms with Crippen molar-refractivity contribution in [2.24, 2.45) is 0 Å². The van der Waals surface area contributed by atoms with Gasteiger partial charge >= 0.3 is 0 Å². The Morgan fingerprint density at radius 3 is 2.36 bits per heavy atom. The summed E-state index contributed by atoms with van der Waals surface area (Å²) >= 11 is 3.34. The first-order valence-electron chi connectivity index (χ1n) is 8.93. The summed E-state index contributed by atoms with van der Waals surface area (Å²) in [5.74, 6) is -0.128. The third kappa shape index (κ3) is 4.25. The van der Waals surface area contributed by atoms with Gasteiger partial charge in [0.2, 0.25) is 11.8 Å². The maximum Gasteiger partial charge on any atom is 0.257 e. The van der Waals surface area contributed by atoms with Crippen LogP contribution in [0.2, 0.25) is 0 Å². The van der Waals surface area contributed by atoms with Crippen molar-refractivity contribution in [1.29, 1.82) is 0 Å². The van der Waals surface area contributed by atoms with Crippen molar-refractivity contribution in [3.05, 3.63) is 58.6 Å². The van der Waals surface area contributed by atoms with Gasteiger partial charge in [-0.15, -0.1) is 0 Å². The molecule has 1 unspecified atom stereocenters. The van der Waals surface area contributed by atoms with Crippen molar-refractivity contribution < 1.29 is 19.1 Å². The molecule has 0 spiro atoms. The fourth-order valence-corrected chi connectivity index (χ4v) is 3.56. The Bertz CT molecular complexity index is 880. The lowest BCUT2D eigenvalue weighted by molar-refractivity contribution is -0.136. The van der Waals surface area contributed by atoms with Crippen molar-refractivity contribution in [3.8, 4) is 5.75 Å². The van der Waals surface area contributed by atoms with Gasteiger partial charge in [-0.25, -0.2) is 4.90 Å². The first-order valence-corrected chi connectivity index (χ1v) is 9.72. The van der Waals surface area contributed by atoms with E-state index in [1.165, 1.54) is 16.7 Å². The van der Waals surface area contributed by atoms with E-state index in [2.05, 4.69) is 15.9 Å². The summed E-state index contributed by atoms with van der Waals surface area (Å²) in [6.07, 6.45) is 0.580. The van der Waals surface area contributed by atoms with Gasteiger partial charge in [0, 0.05) is 17.9 Å². The molecule has 1 aliphatic heterocycles. The molecule has 1 fully saturated rings. The largest absolute Gasteiger partial charge is 0.497 e. The number of carbonyl (C=O) groups is 3. The number of methoxy groups -OCH3 is 1. The molecule has 0 aliphatic carbocycles. The van der Waals surface area contributed by atoms with Crippen molar-refractivity contribution in [3.63, 3.8) is 0 Å². The number of ether oxygens (including phenoxy) is 1. The van der Waals surface area contributed by atoms with E-state index in [0.29, 0.717) is 18.7 Å². The molecular formula is C21H21BrN2O4. The summed E-state index contributed by atoms with van der Waals surface area (Å²) in [6, 6.07) is 13.7. The molecule has 0 bridgehead atoms. The van der Waals surface area contributed by atoms with Crippen LogP contribution in [-0.4, -0.2) is 42.3 Å². The molecule has 28 heavy (non-hydrogen) atoms. The van der Waals surface area contributed by atoms with E-state index in [4.69, 9.17) is 4.74 Å². The van der Waals surface area contributed by atoms with Gasteiger partial charge in [0.25, 0.3) is 5.91 Å². The monoisotopic (exact) mass is 444 g/mol. The molecular weight excluding hydrogens is 424 g/mol. The fourth-order valence-electron chi connectivity index (χ4n) is 3.30. The summed E-state index contributed by atoms with van der Waals surface area (Å²) in [4.78, 5) is 40.3. The second-order valence-electron chi connectivity index (χ2n) is 6.57. The lowest BCUT2D eigenvalue weighted by atomic mass is 10.1. The number of hydrogen-bond acceptors (Lipinski definition) is 4. The zero-order chi connectivity index (χ0) is 20.3. The van der Waals surface area contributed by atoms with Gasteiger partial charge < -0.3 is 9.64 Å². The van der Waals surface area contributed by atoms with Crippen LogP contribution in [0, 0.1) is 0 Å². The number of anilines is 1. The highest BCUT2D eigenvalue weighted by molar-refractivity contribution is 9.10. The Hall–Kier alpha value is -2.67. The van der Waals surface area contributed by atoms with Crippen LogP contribution in [0.25, 0.3) is 0 Å². The Morgan fingerprint density at radius 1 is 1.14 bits per heavy atom. The van der Waals surface area contributed by atoms with Crippen LogP contribution in [0.4, 0.5) is 5.69 Å². The van der Waals surface area contributed by atoms with Crippen LogP contribution in [0.5, 0.6) is 5.75 Å². The lowest BCUT2D eigenvalue weighted by Crippen LogP contribution is -2.45. The van der Waals surface area contributed by atoms with Gasteiger partial charge in [0.05, 0.1) is 19.2 Å². The number of hydrogen-bond donors (Lipinski definition) is 0. The minimum absolute atomic E-state index is 0.00289. The van der Waals surface area contributed by atoms with Crippen molar-refractivity contribution in [2.45, 2.75) is 25.8 Å². The summed E-state index contributed by atoms with van der Waals surface area (Å²) in [5.41, 5.74) is 1.54. The molecule has 2 aromatic carbocycles. The molecule has 0 radical (unpaired) electrons. The number of amides is 3. The molecule has 146 valence electrons. The van der Waals surface area contributed by atoms with Gasteiger partial charge in [-0.2, -0.15) is 0 Å². The highest BCUT2D eigenvalue weighted by Crippen LogP contribution is 2.27. The molecule has 3 amide bonds. The standard InChI is InChI=1S/C21H21BrN2O4/c1-14(25)23(12-11-15-3-9-18(28-2)10-4-15)19-13-20(26)24(21(19)27)17-7-5-16(22)6-8-17/h3-10,19H,11-13H2,1-2H3. The van der Waals surface area contributed by atoms with E-state index in [1.807, 2.05) is 24.3 Å². The van der Waals surface area contributed by atoms with Crippen LogP contribution in [0.3, 0.4) is 0 Å². The number of nitrogens with zero attached hydrogens (tertiary/aromatic N) is 2. The lowest BCUT2D eigenvalue weighted by Gasteiger charge is -2.26. The zero-order valence-electron chi connectivity index (χ0n) is 15.7. The molecule has 1 heterocycles. The first kappa shape index (κ1) is 20.1. The Kier molecular flexibility index (Phi) is 6.14. The molecule has 1 aliphatic rings. The zero-order valence-corrected chi connectivity index (χ0v) is 17.3. The van der Waals surface area contributed by atoms with E-state index in [-0.39, 0.29) is 24.1 Å². The summed E-state index contributed by atoms with van der Waals surface area (Å²) < 4.78 is 6.00. The molecule has 1 atom stereocenters. The summed E-state index contributed by atoms with van der Waals surface area (Å²) in [6.45, 7) is 1.79. The summed E-state index contributed by atoms with van der Waals surface area (Å²) in [7, 11) is 1.60. The van der Waals surface area contributed by atoms with E-state index >= 15 is 0 Å². The minimum atomic E-state index is -0.771. The van der Waals surface area contributed by atoms with Crippen LogP contribution >= 0.6 is 15.9 Å². The first-order chi connectivity index (χ1) is 13.4. The number of halogens is 1. The second kappa shape index (κ2) is 8.56. The third-order valence-electron chi connectivity index (χ3n) is 4.79. The van der Waals surface area contributed by atoms with Crippen LogP contribution in [0.1, 0.15) is 18.9 Å². The molecule has 0 aromatic heterocycles. The fraction of sp³-hybridized carbons (Fsp3) is 0.286. The average Bonchev–Trinajstić information content (AvgIpc) is 2.97. The number of imide groups is 1. The Labute approximate surface area is 172 Å². The highest BCUT2D eigenvalue weighted by atomic mass is 79.9. The highest BCUT2D eigenvalue weighted by Gasteiger charge is 2.43. The predicted octanol–water partition coefficient (Wildman–Crippen LogP) is 3.18. The molecule has 6 nitrogen and oxygen atoms in total. The van der Waals surface area contributed by atoms with Crippen molar-refractivity contribution >= 4 is 39.3 Å². The predicted molar refractivity (Wildman–Crippen MR) is 109 cm³/mol. The second-order valence-corrected chi connectivity index (χ2v) is 7.49. The quantitative estimate of drug-likeness (QED) is 0.641. The Balaban J connectivity index is 1.74. The van der Waals surface area contributed by atoms with Gasteiger partial charge in [0.15, 0.2) is 0 Å². The average molecular weight is 445 g/mol.